The van der Waals surface area contributed by atoms with Gasteiger partial charge >= 0.3 is 12.0 Å². The predicted molar refractivity (Wildman–Crippen MR) is 62.8 cm³/mol. The second-order valence-corrected chi connectivity index (χ2v) is 3.61. The molecule has 1 unspecified atom stereocenters. The molecule has 2 amide bonds. The van der Waals surface area contributed by atoms with Crippen molar-refractivity contribution in [1.82, 2.24) is 10.2 Å². The Bertz CT molecular complexity index is 287. The van der Waals surface area contributed by atoms with Gasteiger partial charge in [-0.1, -0.05) is 6.92 Å². The molecule has 98 valence electrons. The van der Waals surface area contributed by atoms with Gasteiger partial charge in [-0.05, 0) is 13.8 Å². The van der Waals surface area contributed by atoms with Gasteiger partial charge in [-0.3, -0.25) is 4.79 Å². The summed E-state index contributed by atoms with van der Waals surface area (Å²) >= 11 is 0. The third-order valence-electron chi connectivity index (χ3n) is 2.47. The average molecular weight is 244 g/mol. The van der Waals surface area contributed by atoms with Crippen LogP contribution < -0.4 is 5.32 Å². The van der Waals surface area contributed by atoms with Crippen molar-refractivity contribution < 1.29 is 19.5 Å². The van der Waals surface area contributed by atoms with Crippen LogP contribution in [0.1, 0.15) is 33.6 Å². The van der Waals surface area contributed by atoms with Crippen LogP contribution in [0.15, 0.2) is 0 Å². The van der Waals surface area contributed by atoms with E-state index in [1.807, 2.05) is 0 Å². The molecule has 1 atom stereocenters. The molecule has 6 heteroatoms. The minimum atomic E-state index is -1.19. The molecule has 0 aliphatic heterocycles. The monoisotopic (exact) mass is 244 g/mol. The van der Waals surface area contributed by atoms with E-state index in [1.54, 1.807) is 20.8 Å². The summed E-state index contributed by atoms with van der Waals surface area (Å²) in [5.74, 6) is -1.37. The number of nitrogens with one attached hydrogen (secondary N) is 1. The van der Waals surface area contributed by atoms with Crippen LogP contribution >= 0.6 is 0 Å². The van der Waals surface area contributed by atoms with Crippen molar-refractivity contribution in [2.24, 2.45) is 0 Å². The topological polar surface area (TPSA) is 86.7 Å². The first kappa shape index (κ1) is 15.4. The van der Waals surface area contributed by atoms with Gasteiger partial charge in [0.15, 0.2) is 0 Å². The fraction of sp³-hybridized carbons (Fsp3) is 0.727. The molecule has 17 heavy (non-hydrogen) atoms. The van der Waals surface area contributed by atoms with E-state index in [9.17, 15) is 14.4 Å². The van der Waals surface area contributed by atoms with E-state index in [4.69, 9.17) is 5.11 Å². The van der Waals surface area contributed by atoms with Crippen LogP contribution in [0.2, 0.25) is 0 Å². The zero-order valence-corrected chi connectivity index (χ0v) is 10.5. The maximum Gasteiger partial charge on any atom is 0.326 e. The summed E-state index contributed by atoms with van der Waals surface area (Å²) in [6.45, 7) is 6.26. The number of hydrogen-bond acceptors (Lipinski definition) is 3. The van der Waals surface area contributed by atoms with E-state index >= 15 is 0 Å². The van der Waals surface area contributed by atoms with Crippen LogP contribution in [0.5, 0.6) is 0 Å². The smallest absolute Gasteiger partial charge is 0.326 e. The van der Waals surface area contributed by atoms with Crippen LogP contribution in [0.4, 0.5) is 4.79 Å². The van der Waals surface area contributed by atoms with Gasteiger partial charge in [0, 0.05) is 25.9 Å². The molecule has 0 aromatic rings. The Morgan fingerprint density at radius 3 is 2.06 bits per heavy atom. The van der Waals surface area contributed by atoms with E-state index < -0.39 is 18.0 Å². The lowest BCUT2D eigenvalue weighted by molar-refractivity contribution is -0.141. The second kappa shape index (κ2) is 7.65. The number of carbonyl (C=O) groups excluding carboxylic acids is 2. The zero-order valence-electron chi connectivity index (χ0n) is 10.5. The number of urea groups is 1. The van der Waals surface area contributed by atoms with Crippen LogP contribution in [-0.4, -0.2) is 46.9 Å². The molecular weight excluding hydrogens is 224 g/mol. The largest absolute Gasteiger partial charge is 0.480 e. The molecule has 0 spiro atoms. The van der Waals surface area contributed by atoms with Gasteiger partial charge in [-0.25, -0.2) is 9.59 Å². The number of Topliss-reactive ketones (excluding diaryl/α,β-unsaturated/α-hetero) is 1. The van der Waals surface area contributed by atoms with E-state index in [-0.39, 0.29) is 18.6 Å². The van der Waals surface area contributed by atoms with Crippen molar-refractivity contribution in [2.45, 2.75) is 39.7 Å². The molecule has 0 bridgehead atoms. The molecule has 0 aromatic carbocycles. The molecular formula is C11H20N2O4. The van der Waals surface area contributed by atoms with Gasteiger partial charge in [-0.15, -0.1) is 0 Å². The summed E-state index contributed by atoms with van der Waals surface area (Å²) in [5, 5.41) is 11.3. The van der Waals surface area contributed by atoms with E-state index in [0.717, 1.165) is 0 Å². The highest BCUT2D eigenvalue weighted by atomic mass is 16.4. The maximum atomic E-state index is 11.6. The Balaban J connectivity index is 4.49. The number of carboxylic acid groups (broad SMARTS) is 1. The molecule has 0 heterocycles. The van der Waals surface area contributed by atoms with Gasteiger partial charge in [0.05, 0.1) is 0 Å². The third kappa shape index (κ3) is 5.33. The van der Waals surface area contributed by atoms with Gasteiger partial charge < -0.3 is 15.3 Å². The van der Waals surface area contributed by atoms with Gasteiger partial charge in [0.2, 0.25) is 0 Å². The third-order valence-corrected chi connectivity index (χ3v) is 2.47. The zero-order chi connectivity index (χ0) is 13.4. The number of aliphatic carboxylic acids is 1. The lowest BCUT2D eigenvalue weighted by atomic mass is 10.1. The van der Waals surface area contributed by atoms with Crippen molar-refractivity contribution in [2.75, 3.05) is 13.1 Å². The Hall–Kier alpha value is -1.59. The van der Waals surface area contributed by atoms with Gasteiger partial charge in [0.25, 0.3) is 0 Å². The van der Waals surface area contributed by atoms with Crippen molar-refractivity contribution in [3.63, 3.8) is 0 Å². The molecule has 0 saturated heterocycles. The molecule has 0 saturated carbocycles. The standard InChI is InChI=1S/C11H20N2O4/c1-4-8(14)7-9(10(15)16)12-11(17)13(5-2)6-3/h9H,4-7H2,1-3H3,(H,12,17)(H,15,16). The van der Waals surface area contributed by atoms with Crippen molar-refractivity contribution >= 4 is 17.8 Å². The molecule has 0 aliphatic rings. The second-order valence-electron chi connectivity index (χ2n) is 3.61. The maximum absolute atomic E-state index is 11.6. The molecule has 6 nitrogen and oxygen atoms in total. The first-order valence-electron chi connectivity index (χ1n) is 5.76. The molecule has 0 aromatic heterocycles. The van der Waals surface area contributed by atoms with E-state index in [1.165, 1.54) is 4.90 Å². The normalized spacial score (nSPS) is 11.7. The fourth-order valence-electron chi connectivity index (χ4n) is 1.32. The van der Waals surface area contributed by atoms with E-state index in [2.05, 4.69) is 5.32 Å². The Morgan fingerprint density at radius 1 is 1.18 bits per heavy atom. The molecule has 0 aliphatic carbocycles. The Morgan fingerprint density at radius 2 is 1.71 bits per heavy atom. The summed E-state index contributed by atoms with van der Waals surface area (Å²) in [6, 6.07) is -1.60. The highest BCUT2D eigenvalue weighted by Gasteiger charge is 2.24. The Labute approximate surface area is 101 Å². The molecule has 0 fully saturated rings. The summed E-state index contributed by atoms with van der Waals surface area (Å²) in [7, 11) is 0. The lowest BCUT2D eigenvalue weighted by Crippen LogP contribution is -2.48. The van der Waals surface area contributed by atoms with Crippen molar-refractivity contribution in [1.29, 1.82) is 0 Å². The summed E-state index contributed by atoms with van der Waals surface area (Å²) < 4.78 is 0. The molecule has 0 radical (unpaired) electrons. The number of ketones is 1. The summed E-state index contributed by atoms with van der Waals surface area (Å²) in [6.07, 6.45) is 0.101. The highest BCUT2D eigenvalue weighted by Crippen LogP contribution is 1.99. The molecule has 0 rings (SSSR count). The minimum absolute atomic E-state index is 0.168. The average Bonchev–Trinajstić information content (AvgIpc) is 2.29. The van der Waals surface area contributed by atoms with Crippen molar-refractivity contribution in [3.05, 3.63) is 0 Å². The van der Waals surface area contributed by atoms with Crippen LogP contribution in [0, 0.1) is 0 Å². The number of rotatable bonds is 7. The van der Waals surface area contributed by atoms with Crippen LogP contribution in [0.25, 0.3) is 0 Å². The van der Waals surface area contributed by atoms with E-state index in [0.29, 0.717) is 13.1 Å². The predicted octanol–water partition coefficient (Wildman–Crippen LogP) is 0.860. The summed E-state index contributed by atoms with van der Waals surface area (Å²) in [5.41, 5.74) is 0. The lowest BCUT2D eigenvalue weighted by Gasteiger charge is -2.22. The van der Waals surface area contributed by atoms with Gasteiger partial charge in [0.1, 0.15) is 11.8 Å². The van der Waals surface area contributed by atoms with Crippen LogP contribution in [0.3, 0.4) is 0 Å². The number of nitrogens with zero attached hydrogens (tertiary/aromatic N) is 1. The van der Waals surface area contributed by atoms with Crippen LogP contribution in [-0.2, 0) is 9.59 Å². The first-order valence-corrected chi connectivity index (χ1v) is 5.76. The number of carbonyl (C=O) groups is 3. The minimum Gasteiger partial charge on any atom is -0.480 e. The Kier molecular flexibility index (Phi) is 6.93. The quantitative estimate of drug-likeness (QED) is 0.695. The highest BCUT2D eigenvalue weighted by molar-refractivity contribution is 5.88. The summed E-state index contributed by atoms with van der Waals surface area (Å²) in [4.78, 5) is 35.2. The van der Waals surface area contributed by atoms with Crippen molar-refractivity contribution in [3.8, 4) is 0 Å². The SMILES string of the molecule is CCC(=O)CC(NC(=O)N(CC)CC)C(=O)O. The molecule has 2 N–H and O–H groups in total. The number of amides is 2. The first-order chi connectivity index (χ1) is 7.96. The van der Waals surface area contributed by atoms with Gasteiger partial charge in [-0.2, -0.15) is 0 Å². The fourth-order valence-corrected chi connectivity index (χ4v) is 1.32. The number of hydrogen-bond donors (Lipinski definition) is 2. The number of carboxylic acids is 1.